The molecule has 1 heterocycles. The predicted molar refractivity (Wildman–Crippen MR) is 59.8 cm³/mol. The Kier molecular flexibility index (Phi) is 5.86. The van der Waals surface area contributed by atoms with Gasteiger partial charge in [0.2, 0.25) is 0 Å². The van der Waals surface area contributed by atoms with Gasteiger partial charge in [-0.25, -0.2) is 0 Å². The third kappa shape index (κ3) is 3.41. The van der Waals surface area contributed by atoms with Gasteiger partial charge in [-0.05, 0) is 37.5 Å². The molecule has 1 aromatic rings. The molecular weight excluding hydrogens is 158 g/mol. The molecular formula is C12H19N. The van der Waals surface area contributed by atoms with Crippen LogP contribution >= 0.6 is 0 Å². The van der Waals surface area contributed by atoms with E-state index in [1.165, 1.54) is 16.7 Å². The lowest BCUT2D eigenvalue weighted by molar-refractivity contribution is 1.21. The lowest BCUT2D eigenvalue weighted by Crippen LogP contribution is -1.87. The summed E-state index contributed by atoms with van der Waals surface area (Å²) >= 11 is 0. The maximum absolute atomic E-state index is 4.09. The number of aryl methyl sites for hydroxylation is 2. The van der Waals surface area contributed by atoms with Crippen LogP contribution in [0.15, 0.2) is 18.5 Å². The summed E-state index contributed by atoms with van der Waals surface area (Å²) in [7, 11) is 0. The molecule has 0 aliphatic heterocycles. The summed E-state index contributed by atoms with van der Waals surface area (Å²) in [6.07, 6.45) is 7.95. The van der Waals surface area contributed by atoms with Gasteiger partial charge in [0.1, 0.15) is 0 Å². The highest BCUT2D eigenvalue weighted by molar-refractivity contribution is 5.55. The number of pyridine rings is 1. The van der Waals surface area contributed by atoms with Crippen molar-refractivity contribution in [2.24, 2.45) is 0 Å². The normalized spacial score (nSPS) is 9.62. The molecule has 0 aliphatic carbocycles. The molecule has 0 amide bonds. The van der Waals surface area contributed by atoms with Crippen LogP contribution in [-0.2, 0) is 0 Å². The second-order valence-electron chi connectivity index (χ2n) is 2.69. The van der Waals surface area contributed by atoms with E-state index in [9.17, 15) is 0 Å². The lowest BCUT2D eigenvalue weighted by Gasteiger charge is -2.02. The molecule has 0 saturated carbocycles. The number of hydrogen-bond donors (Lipinski definition) is 0. The van der Waals surface area contributed by atoms with E-state index in [0.29, 0.717) is 0 Å². The molecule has 13 heavy (non-hydrogen) atoms. The maximum Gasteiger partial charge on any atom is 0.0303 e. The van der Waals surface area contributed by atoms with Crippen molar-refractivity contribution in [1.82, 2.24) is 4.98 Å². The number of hydrogen-bond acceptors (Lipinski definition) is 1. The molecule has 0 N–H and O–H groups in total. The Morgan fingerprint density at radius 2 is 1.54 bits per heavy atom. The molecule has 0 atom stereocenters. The van der Waals surface area contributed by atoms with Crippen molar-refractivity contribution in [2.45, 2.75) is 34.6 Å². The Morgan fingerprint density at radius 3 is 1.92 bits per heavy atom. The molecule has 0 fully saturated rings. The van der Waals surface area contributed by atoms with Crippen molar-refractivity contribution >= 4 is 6.08 Å². The minimum atomic E-state index is 1.24. The number of nitrogens with zero attached hydrogens (tertiary/aromatic N) is 1. The van der Waals surface area contributed by atoms with Gasteiger partial charge in [0.15, 0.2) is 0 Å². The lowest BCUT2D eigenvalue weighted by atomic mass is 10.1. The summed E-state index contributed by atoms with van der Waals surface area (Å²) in [5, 5.41) is 0. The number of rotatable bonds is 1. The highest BCUT2D eigenvalue weighted by Gasteiger charge is 1.96. The van der Waals surface area contributed by atoms with Crippen LogP contribution in [0.25, 0.3) is 6.08 Å². The van der Waals surface area contributed by atoms with Crippen LogP contribution in [0.2, 0.25) is 0 Å². The van der Waals surface area contributed by atoms with E-state index in [4.69, 9.17) is 0 Å². The first-order valence-electron chi connectivity index (χ1n) is 4.79. The molecule has 0 radical (unpaired) electrons. The summed E-state index contributed by atoms with van der Waals surface area (Å²) in [6, 6.07) is 0. The largest absolute Gasteiger partial charge is 0.264 e. The van der Waals surface area contributed by atoms with Gasteiger partial charge in [-0.1, -0.05) is 26.0 Å². The van der Waals surface area contributed by atoms with Crippen molar-refractivity contribution in [3.05, 3.63) is 35.2 Å². The van der Waals surface area contributed by atoms with Crippen molar-refractivity contribution in [3.63, 3.8) is 0 Å². The molecule has 0 unspecified atom stereocenters. The van der Waals surface area contributed by atoms with Gasteiger partial charge in [-0.3, -0.25) is 4.98 Å². The summed E-state index contributed by atoms with van der Waals surface area (Å²) in [5.74, 6) is 0. The topological polar surface area (TPSA) is 12.9 Å². The van der Waals surface area contributed by atoms with Crippen LogP contribution in [0.1, 0.15) is 37.5 Å². The van der Waals surface area contributed by atoms with E-state index < -0.39 is 0 Å². The third-order valence-electron chi connectivity index (χ3n) is 1.72. The van der Waals surface area contributed by atoms with Gasteiger partial charge in [-0.15, -0.1) is 0 Å². The van der Waals surface area contributed by atoms with Gasteiger partial charge in [0.25, 0.3) is 0 Å². The molecule has 1 nitrogen and oxygen atoms in total. The highest BCUT2D eigenvalue weighted by atomic mass is 14.6. The van der Waals surface area contributed by atoms with Crippen LogP contribution in [0.3, 0.4) is 0 Å². The first-order valence-corrected chi connectivity index (χ1v) is 4.79. The Balaban J connectivity index is 0.000000671. The average Bonchev–Trinajstić information content (AvgIpc) is 2.15. The van der Waals surface area contributed by atoms with E-state index in [-0.39, 0.29) is 0 Å². The van der Waals surface area contributed by atoms with Gasteiger partial charge in [0.05, 0.1) is 0 Å². The Labute approximate surface area is 81.5 Å². The SMILES string of the molecule is C/C=C\c1c(C)cncc1C.CC. The molecule has 0 aliphatic rings. The van der Waals surface area contributed by atoms with Crippen molar-refractivity contribution in [3.8, 4) is 0 Å². The molecule has 0 bridgehead atoms. The van der Waals surface area contributed by atoms with Crippen LogP contribution in [0, 0.1) is 13.8 Å². The summed E-state index contributed by atoms with van der Waals surface area (Å²) < 4.78 is 0. The molecule has 0 aromatic carbocycles. The summed E-state index contributed by atoms with van der Waals surface area (Å²) in [4.78, 5) is 4.09. The fourth-order valence-corrected chi connectivity index (χ4v) is 1.14. The predicted octanol–water partition coefficient (Wildman–Crippen LogP) is 3.76. The third-order valence-corrected chi connectivity index (χ3v) is 1.72. The first kappa shape index (κ1) is 11.9. The van der Waals surface area contributed by atoms with Gasteiger partial charge in [-0.2, -0.15) is 0 Å². The Hall–Kier alpha value is -1.11. The second-order valence-corrected chi connectivity index (χ2v) is 2.69. The molecule has 1 aromatic heterocycles. The molecule has 1 rings (SSSR count). The van der Waals surface area contributed by atoms with Crippen LogP contribution in [-0.4, -0.2) is 4.98 Å². The highest BCUT2D eigenvalue weighted by Crippen LogP contribution is 2.12. The smallest absolute Gasteiger partial charge is 0.0303 e. The van der Waals surface area contributed by atoms with Crippen molar-refractivity contribution in [1.29, 1.82) is 0 Å². The van der Waals surface area contributed by atoms with Crippen LogP contribution < -0.4 is 0 Å². The fraction of sp³-hybridized carbons (Fsp3) is 0.417. The molecule has 0 spiro atoms. The van der Waals surface area contributed by atoms with E-state index >= 15 is 0 Å². The number of aromatic nitrogens is 1. The summed E-state index contributed by atoms with van der Waals surface area (Å²) in [5.41, 5.74) is 3.77. The standard InChI is InChI=1S/C10H13N.C2H6/c1-4-5-10-8(2)6-11-7-9(10)3;1-2/h4-7H,1-3H3;1-2H3/b5-4-;. The Bertz CT molecular complexity index is 254. The van der Waals surface area contributed by atoms with Crippen molar-refractivity contribution < 1.29 is 0 Å². The van der Waals surface area contributed by atoms with Gasteiger partial charge < -0.3 is 0 Å². The second kappa shape index (κ2) is 6.41. The summed E-state index contributed by atoms with van der Waals surface area (Å²) in [6.45, 7) is 10.2. The van der Waals surface area contributed by atoms with E-state index in [1.54, 1.807) is 0 Å². The zero-order valence-corrected chi connectivity index (χ0v) is 9.26. The minimum absolute atomic E-state index is 1.24. The van der Waals surface area contributed by atoms with Gasteiger partial charge >= 0.3 is 0 Å². The maximum atomic E-state index is 4.09. The van der Waals surface area contributed by atoms with Crippen molar-refractivity contribution in [2.75, 3.05) is 0 Å². The zero-order chi connectivity index (χ0) is 10.3. The minimum Gasteiger partial charge on any atom is -0.264 e. The van der Waals surface area contributed by atoms with Gasteiger partial charge in [0, 0.05) is 12.4 Å². The number of allylic oxidation sites excluding steroid dienone is 1. The Morgan fingerprint density at radius 1 is 1.08 bits per heavy atom. The van der Waals surface area contributed by atoms with Crippen LogP contribution in [0.5, 0.6) is 0 Å². The van der Waals surface area contributed by atoms with E-state index in [1.807, 2.05) is 33.2 Å². The van der Waals surface area contributed by atoms with E-state index in [0.717, 1.165) is 0 Å². The fourth-order valence-electron chi connectivity index (χ4n) is 1.14. The first-order chi connectivity index (χ1) is 6.25. The monoisotopic (exact) mass is 177 g/mol. The molecule has 0 saturated heterocycles. The zero-order valence-electron chi connectivity index (χ0n) is 9.26. The molecule has 1 heteroatoms. The molecule has 72 valence electrons. The van der Waals surface area contributed by atoms with Crippen LogP contribution in [0.4, 0.5) is 0 Å². The quantitative estimate of drug-likeness (QED) is 0.636. The van der Waals surface area contributed by atoms with E-state index in [2.05, 4.69) is 31.0 Å². The average molecular weight is 177 g/mol.